The lowest BCUT2D eigenvalue weighted by Gasteiger charge is -2.03. The normalized spacial score (nSPS) is 13.4. The van der Waals surface area contributed by atoms with Crippen molar-refractivity contribution in [3.05, 3.63) is 18.0 Å². The fourth-order valence-corrected chi connectivity index (χ4v) is 0.924. The molecule has 62 valence electrons. The smallest absolute Gasteiger partial charge is 0.0593 e. The van der Waals surface area contributed by atoms with E-state index < -0.39 is 0 Å². The van der Waals surface area contributed by atoms with Gasteiger partial charge >= 0.3 is 0 Å². The van der Waals surface area contributed by atoms with E-state index in [1.54, 1.807) is 0 Å². The van der Waals surface area contributed by atoms with Gasteiger partial charge in [0.15, 0.2) is 0 Å². The lowest BCUT2D eigenvalue weighted by atomic mass is 10.2. The molecule has 0 amide bonds. The number of hydrogen-bond acceptors (Lipinski definition) is 2. The molecule has 11 heavy (non-hydrogen) atoms. The molecule has 0 aromatic carbocycles. The molecule has 0 fully saturated rings. The molecule has 0 radical (unpaired) electrons. The Kier molecular flexibility index (Phi) is 2.65. The Bertz CT molecular complexity index is 215. The van der Waals surface area contributed by atoms with Crippen molar-refractivity contribution < 1.29 is 0 Å². The Balaban J connectivity index is 2.39. The zero-order valence-electron chi connectivity index (χ0n) is 7.12. The molecule has 3 nitrogen and oxygen atoms in total. The Morgan fingerprint density at radius 1 is 1.73 bits per heavy atom. The van der Waals surface area contributed by atoms with Gasteiger partial charge in [-0.2, -0.15) is 5.10 Å². The second-order valence-electron chi connectivity index (χ2n) is 2.99. The highest BCUT2D eigenvalue weighted by atomic mass is 15.3. The van der Waals surface area contributed by atoms with Crippen LogP contribution in [-0.4, -0.2) is 15.8 Å². The van der Waals surface area contributed by atoms with Gasteiger partial charge in [-0.25, -0.2) is 0 Å². The van der Waals surface area contributed by atoms with Crippen LogP contribution in [0, 0.1) is 6.92 Å². The highest BCUT2D eigenvalue weighted by Crippen LogP contribution is 1.95. The Morgan fingerprint density at radius 3 is 2.91 bits per heavy atom. The fourth-order valence-electron chi connectivity index (χ4n) is 0.924. The molecular formula is C8H15N3. The number of rotatable bonds is 3. The quantitative estimate of drug-likeness (QED) is 0.702. The standard InChI is InChI=1S/C8H15N3/c1-7(9)3-5-11-6-4-8(2)10-11/h4,6-7H,3,5,9H2,1-2H3. The van der Waals surface area contributed by atoms with Crippen molar-refractivity contribution in [1.29, 1.82) is 0 Å². The fraction of sp³-hybridized carbons (Fsp3) is 0.625. The molecule has 1 rings (SSSR count). The number of hydrogen-bond donors (Lipinski definition) is 1. The summed E-state index contributed by atoms with van der Waals surface area (Å²) in [6.45, 7) is 4.92. The molecule has 0 bridgehead atoms. The van der Waals surface area contributed by atoms with Gasteiger partial charge in [0, 0.05) is 18.8 Å². The predicted molar refractivity (Wildman–Crippen MR) is 45.2 cm³/mol. The van der Waals surface area contributed by atoms with E-state index in [1.165, 1.54) is 0 Å². The van der Waals surface area contributed by atoms with Crippen molar-refractivity contribution in [2.24, 2.45) is 5.73 Å². The average Bonchev–Trinajstić information content (AvgIpc) is 2.31. The maximum atomic E-state index is 5.61. The maximum absolute atomic E-state index is 5.61. The highest BCUT2D eigenvalue weighted by Gasteiger charge is 1.96. The van der Waals surface area contributed by atoms with Crippen LogP contribution >= 0.6 is 0 Å². The third kappa shape index (κ3) is 2.72. The molecule has 1 unspecified atom stereocenters. The van der Waals surface area contributed by atoms with Crippen LogP contribution in [-0.2, 0) is 6.54 Å². The first-order valence-electron chi connectivity index (χ1n) is 3.94. The second kappa shape index (κ2) is 3.53. The lowest BCUT2D eigenvalue weighted by Crippen LogP contribution is -2.17. The van der Waals surface area contributed by atoms with Gasteiger partial charge in [0.25, 0.3) is 0 Å². The molecule has 0 aliphatic carbocycles. The number of aromatic nitrogens is 2. The number of nitrogens with two attached hydrogens (primary N) is 1. The summed E-state index contributed by atoms with van der Waals surface area (Å²) in [4.78, 5) is 0. The van der Waals surface area contributed by atoms with Crippen molar-refractivity contribution in [3.8, 4) is 0 Å². The van der Waals surface area contributed by atoms with Crippen LogP contribution < -0.4 is 5.73 Å². The van der Waals surface area contributed by atoms with Crippen LogP contribution in [0.15, 0.2) is 12.3 Å². The molecule has 0 aliphatic rings. The van der Waals surface area contributed by atoms with E-state index >= 15 is 0 Å². The van der Waals surface area contributed by atoms with Gasteiger partial charge in [-0.1, -0.05) is 0 Å². The third-order valence-corrected chi connectivity index (χ3v) is 1.59. The summed E-state index contributed by atoms with van der Waals surface area (Å²) in [5.41, 5.74) is 6.67. The maximum Gasteiger partial charge on any atom is 0.0593 e. The molecular weight excluding hydrogens is 138 g/mol. The van der Waals surface area contributed by atoms with Crippen LogP contribution in [0.3, 0.4) is 0 Å². The van der Waals surface area contributed by atoms with E-state index in [2.05, 4.69) is 5.10 Å². The monoisotopic (exact) mass is 153 g/mol. The zero-order valence-corrected chi connectivity index (χ0v) is 7.12. The molecule has 3 heteroatoms. The van der Waals surface area contributed by atoms with Crippen molar-refractivity contribution in [2.45, 2.75) is 32.9 Å². The minimum absolute atomic E-state index is 0.263. The summed E-state index contributed by atoms with van der Waals surface area (Å²) >= 11 is 0. The molecule has 0 saturated carbocycles. The molecule has 1 aromatic heterocycles. The summed E-state index contributed by atoms with van der Waals surface area (Å²) in [5, 5.41) is 4.24. The molecule has 0 spiro atoms. The molecule has 2 N–H and O–H groups in total. The van der Waals surface area contributed by atoms with Crippen molar-refractivity contribution in [2.75, 3.05) is 0 Å². The Labute approximate surface area is 67.2 Å². The van der Waals surface area contributed by atoms with E-state index in [4.69, 9.17) is 5.73 Å². The first-order chi connectivity index (χ1) is 5.18. The average molecular weight is 153 g/mol. The molecule has 0 aliphatic heterocycles. The molecule has 1 aromatic rings. The summed E-state index contributed by atoms with van der Waals surface area (Å²) in [6.07, 6.45) is 2.97. The predicted octanol–water partition coefficient (Wildman–Crippen LogP) is 0.929. The van der Waals surface area contributed by atoms with Crippen LogP contribution in [0.25, 0.3) is 0 Å². The van der Waals surface area contributed by atoms with Crippen LogP contribution in [0.2, 0.25) is 0 Å². The lowest BCUT2D eigenvalue weighted by molar-refractivity contribution is 0.528. The van der Waals surface area contributed by atoms with Gasteiger partial charge in [-0.15, -0.1) is 0 Å². The highest BCUT2D eigenvalue weighted by molar-refractivity contribution is 4.94. The first kappa shape index (κ1) is 8.27. The SMILES string of the molecule is Cc1ccn(CCC(C)N)n1. The van der Waals surface area contributed by atoms with Gasteiger partial charge in [-0.05, 0) is 26.3 Å². The van der Waals surface area contributed by atoms with E-state index in [-0.39, 0.29) is 6.04 Å². The van der Waals surface area contributed by atoms with Crippen LogP contribution in [0.4, 0.5) is 0 Å². The Hall–Kier alpha value is -0.830. The van der Waals surface area contributed by atoms with E-state index in [0.717, 1.165) is 18.7 Å². The largest absolute Gasteiger partial charge is 0.328 e. The van der Waals surface area contributed by atoms with Crippen molar-refractivity contribution in [3.63, 3.8) is 0 Å². The molecule has 0 saturated heterocycles. The van der Waals surface area contributed by atoms with Gasteiger partial charge < -0.3 is 5.73 Å². The molecule has 1 heterocycles. The van der Waals surface area contributed by atoms with Crippen molar-refractivity contribution in [1.82, 2.24) is 9.78 Å². The summed E-state index contributed by atoms with van der Waals surface area (Å²) in [5.74, 6) is 0. The third-order valence-electron chi connectivity index (χ3n) is 1.59. The number of aryl methyl sites for hydroxylation is 2. The van der Waals surface area contributed by atoms with E-state index in [9.17, 15) is 0 Å². The summed E-state index contributed by atoms with van der Waals surface area (Å²) < 4.78 is 1.93. The van der Waals surface area contributed by atoms with Crippen molar-refractivity contribution >= 4 is 0 Å². The van der Waals surface area contributed by atoms with Gasteiger partial charge in [0.1, 0.15) is 0 Å². The van der Waals surface area contributed by atoms with Crippen LogP contribution in [0.5, 0.6) is 0 Å². The Morgan fingerprint density at radius 2 is 2.45 bits per heavy atom. The molecule has 1 atom stereocenters. The van der Waals surface area contributed by atoms with Gasteiger partial charge in [0.05, 0.1) is 5.69 Å². The van der Waals surface area contributed by atoms with E-state index in [0.29, 0.717) is 0 Å². The summed E-state index contributed by atoms with van der Waals surface area (Å²) in [6, 6.07) is 2.26. The van der Waals surface area contributed by atoms with Gasteiger partial charge in [0.2, 0.25) is 0 Å². The van der Waals surface area contributed by atoms with Crippen LogP contribution in [0.1, 0.15) is 19.0 Å². The number of nitrogens with zero attached hydrogens (tertiary/aromatic N) is 2. The topological polar surface area (TPSA) is 43.8 Å². The van der Waals surface area contributed by atoms with Gasteiger partial charge in [-0.3, -0.25) is 4.68 Å². The minimum atomic E-state index is 0.263. The van der Waals surface area contributed by atoms with E-state index in [1.807, 2.05) is 30.8 Å². The second-order valence-corrected chi connectivity index (χ2v) is 2.99. The summed E-state index contributed by atoms with van der Waals surface area (Å²) in [7, 11) is 0. The minimum Gasteiger partial charge on any atom is -0.328 e. The zero-order chi connectivity index (χ0) is 8.27. The first-order valence-corrected chi connectivity index (χ1v) is 3.94.